The molecule has 158 valence electrons. The molecular weight excluding hydrogens is 412 g/mol. The van der Waals surface area contributed by atoms with E-state index < -0.39 is 26.3 Å². The molecular formula is C21H26O6S2. The first-order valence-electron chi connectivity index (χ1n) is 9.63. The van der Waals surface area contributed by atoms with Gasteiger partial charge in [-0.3, -0.25) is 8.37 Å². The highest BCUT2D eigenvalue weighted by molar-refractivity contribution is 7.87. The smallest absolute Gasteiger partial charge is 0.266 e. The maximum Gasteiger partial charge on any atom is 0.297 e. The fourth-order valence-electron chi connectivity index (χ4n) is 3.36. The Bertz CT molecular complexity index is 1030. The fourth-order valence-corrected chi connectivity index (χ4v) is 5.48. The molecule has 0 aromatic heterocycles. The molecule has 0 heterocycles. The molecule has 8 heteroatoms. The van der Waals surface area contributed by atoms with Crippen molar-refractivity contribution in [1.29, 1.82) is 0 Å². The van der Waals surface area contributed by atoms with Crippen molar-refractivity contribution in [2.75, 3.05) is 6.61 Å². The molecule has 0 bridgehead atoms. The van der Waals surface area contributed by atoms with Crippen LogP contribution in [0.25, 0.3) is 0 Å². The Labute approximate surface area is 173 Å². The van der Waals surface area contributed by atoms with Crippen molar-refractivity contribution in [3.05, 3.63) is 59.7 Å². The second-order valence-electron chi connectivity index (χ2n) is 7.50. The molecule has 3 rings (SSSR count). The van der Waals surface area contributed by atoms with E-state index in [0.717, 1.165) is 24.0 Å². The normalized spacial score (nSPS) is 20.5. The van der Waals surface area contributed by atoms with Gasteiger partial charge >= 0.3 is 0 Å². The van der Waals surface area contributed by atoms with Crippen molar-refractivity contribution in [3.63, 3.8) is 0 Å². The predicted molar refractivity (Wildman–Crippen MR) is 110 cm³/mol. The summed E-state index contributed by atoms with van der Waals surface area (Å²) in [6.45, 7) is 3.64. The Morgan fingerprint density at radius 2 is 1.24 bits per heavy atom. The fraction of sp³-hybridized carbons (Fsp3) is 0.429. The van der Waals surface area contributed by atoms with Crippen LogP contribution in [0.2, 0.25) is 0 Å². The highest BCUT2D eigenvalue weighted by atomic mass is 32.2. The minimum Gasteiger partial charge on any atom is -0.266 e. The van der Waals surface area contributed by atoms with Crippen molar-refractivity contribution >= 4 is 20.2 Å². The van der Waals surface area contributed by atoms with Gasteiger partial charge in [0.1, 0.15) is 0 Å². The number of benzene rings is 2. The monoisotopic (exact) mass is 438 g/mol. The van der Waals surface area contributed by atoms with E-state index in [9.17, 15) is 16.8 Å². The van der Waals surface area contributed by atoms with Crippen molar-refractivity contribution in [2.24, 2.45) is 5.92 Å². The summed E-state index contributed by atoms with van der Waals surface area (Å²) in [5.74, 6) is -0.316. The minimum absolute atomic E-state index is 0.0867. The first kappa shape index (κ1) is 22.0. The second-order valence-corrected chi connectivity index (χ2v) is 10.7. The lowest BCUT2D eigenvalue weighted by molar-refractivity contribution is 0.0678. The number of hydrogen-bond acceptors (Lipinski definition) is 6. The Morgan fingerprint density at radius 1 is 0.759 bits per heavy atom. The number of rotatable bonds is 7. The van der Waals surface area contributed by atoms with E-state index in [4.69, 9.17) is 8.37 Å². The van der Waals surface area contributed by atoms with Gasteiger partial charge in [0, 0.05) is 5.92 Å². The topological polar surface area (TPSA) is 86.7 Å². The molecule has 0 N–H and O–H groups in total. The molecule has 0 spiro atoms. The molecule has 2 aromatic carbocycles. The van der Waals surface area contributed by atoms with Gasteiger partial charge in [0.25, 0.3) is 20.2 Å². The Balaban J connectivity index is 1.69. The first-order chi connectivity index (χ1) is 13.7. The van der Waals surface area contributed by atoms with Gasteiger partial charge in [0.05, 0.1) is 22.5 Å². The van der Waals surface area contributed by atoms with Crippen LogP contribution in [0.1, 0.15) is 36.8 Å². The van der Waals surface area contributed by atoms with E-state index in [1.54, 1.807) is 24.3 Å². The molecule has 2 aromatic rings. The van der Waals surface area contributed by atoms with Crippen LogP contribution in [0.5, 0.6) is 0 Å². The Kier molecular flexibility index (Phi) is 6.78. The average Bonchev–Trinajstić information content (AvgIpc) is 2.68. The van der Waals surface area contributed by atoms with Crippen molar-refractivity contribution in [3.8, 4) is 0 Å². The van der Waals surface area contributed by atoms with Crippen LogP contribution in [-0.4, -0.2) is 29.5 Å². The van der Waals surface area contributed by atoms with Crippen LogP contribution in [0.15, 0.2) is 58.3 Å². The maximum atomic E-state index is 12.6. The summed E-state index contributed by atoms with van der Waals surface area (Å²) in [4.78, 5) is 0.185. The van der Waals surface area contributed by atoms with Gasteiger partial charge in [0.2, 0.25) is 0 Å². The van der Waals surface area contributed by atoms with E-state index in [0.29, 0.717) is 12.8 Å². The summed E-state index contributed by atoms with van der Waals surface area (Å²) in [5.41, 5.74) is 1.90. The van der Waals surface area contributed by atoms with Gasteiger partial charge in [-0.2, -0.15) is 16.8 Å². The molecule has 1 fully saturated rings. The molecule has 1 saturated carbocycles. The largest absolute Gasteiger partial charge is 0.297 e. The molecule has 0 unspecified atom stereocenters. The van der Waals surface area contributed by atoms with Gasteiger partial charge in [-0.15, -0.1) is 0 Å². The van der Waals surface area contributed by atoms with Gasteiger partial charge in [-0.1, -0.05) is 48.2 Å². The summed E-state index contributed by atoms with van der Waals surface area (Å²) in [6, 6.07) is 12.9. The third kappa shape index (κ3) is 5.66. The van der Waals surface area contributed by atoms with E-state index in [2.05, 4.69) is 0 Å². The van der Waals surface area contributed by atoms with Crippen molar-refractivity contribution in [1.82, 2.24) is 0 Å². The Hall–Kier alpha value is -1.74. The van der Waals surface area contributed by atoms with Gasteiger partial charge in [0.15, 0.2) is 0 Å². The lowest BCUT2D eigenvalue weighted by Gasteiger charge is -2.30. The predicted octanol–water partition coefficient (Wildman–Crippen LogP) is 3.97. The molecule has 1 aliphatic carbocycles. The summed E-state index contributed by atoms with van der Waals surface area (Å²) in [7, 11) is -7.83. The zero-order chi connectivity index (χ0) is 21.1. The quantitative estimate of drug-likeness (QED) is 0.608. The van der Waals surface area contributed by atoms with Gasteiger partial charge < -0.3 is 0 Å². The Morgan fingerprint density at radius 3 is 1.79 bits per heavy atom. The van der Waals surface area contributed by atoms with Crippen LogP contribution >= 0.6 is 0 Å². The molecule has 0 amide bonds. The van der Waals surface area contributed by atoms with Crippen molar-refractivity contribution < 1.29 is 25.2 Å². The van der Waals surface area contributed by atoms with Crippen LogP contribution < -0.4 is 0 Å². The summed E-state index contributed by atoms with van der Waals surface area (Å²) in [5, 5.41) is 0. The van der Waals surface area contributed by atoms with E-state index in [1.165, 1.54) is 24.3 Å². The molecule has 1 aliphatic rings. The molecule has 6 nitrogen and oxygen atoms in total. The van der Waals surface area contributed by atoms with E-state index >= 15 is 0 Å². The summed E-state index contributed by atoms with van der Waals surface area (Å²) >= 11 is 0. The first-order valence-corrected chi connectivity index (χ1v) is 12.4. The zero-order valence-corrected chi connectivity index (χ0v) is 18.2. The van der Waals surface area contributed by atoms with Gasteiger partial charge in [-0.25, -0.2) is 0 Å². The molecule has 29 heavy (non-hydrogen) atoms. The molecule has 2 atom stereocenters. The second kappa shape index (κ2) is 8.95. The lowest BCUT2D eigenvalue weighted by atomic mass is 9.87. The highest BCUT2D eigenvalue weighted by Gasteiger charge is 2.32. The SMILES string of the molecule is Cc1ccc(S(=O)(=O)OC[C@H]2CCCC[C@H]2OS(=O)(=O)c2ccc(C)cc2)cc1. The maximum absolute atomic E-state index is 12.6. The van der Waals surface area contributed by atoms with Crippen LogP contribution in [0.3, 0.4) is 0 Å². The lowest BCUT2D eigenvalue weighted by Crippen LogP contribution is -2.33. The van der Waals surface area contributed by atoms with Crippen molar-refractivity contribution in [2.45, 2.75) is 55.4 Å². The zero-order valence-electron chi connectivity index (χ0n) is 16.6. The minimum atomic E-state index is -3.93. The third-order valence-corrected chi connectivity index (χ3v) is 7.79. The van der Waals surface area contributed by atoms with Gasteiger partial charge in [-0.05, 0) is 51.0 Å². The summed E-state index contributed by atoms with van der Waals surface area (Å²) < 4.78 is 60.9. The standard InChI is InChI=1S/C21H26O6S2/c1-16-7-11-19(12-8-16)28(22,23)26-15-18-5-3-4-6-21(18)27-29(24,25)20-13-9-17(2)10-14-20/h7-14,18,21H,3-6,15H2,1-2H3/t18-,21-/m1/s1. The number of hydrogen-bond donors (Lipinski definition) is 0. The third-order valence-electron chi connectivity index (χ3n) is 5.15. The highest BCUT2D eigenvalue weighted by Crippen LogP contribution is 2.31. The molecule has 0 saturated heterocycles. The van der Waals surface area contributed by atoms with Crippen LogP contribution in [0, 0.1) is 19.8 Å². The van der Waals surface area contributed by atoms with E-state index in [-0.39, 0.29) is 22.3 Å². The van der Waals surface area contributed by atoms with Crippen LogP contribution in [0.4, 0.5) is 0 Å². The number of aryl methyl sites for hydroxylation is 2. The van der Waals surface area contributed by atoms with E-state index in [1.807, 2.05) is 13.8 Å². The average molecular weight is 439 g/mol. The molecule has 0 radical (unpaired) electrons. The molecule has 0 aliphatic heterocycles. The van der Waals surface area contributed by atoms with Crippen LogP contribution in [-0.2, 0) is 28.6 Å². The summed E-state index contributed by atoms with van der Waals surface area (Å²) in [6.07, 6.45) is 2.29.